The van der Waals surface area contributed by atoms with Gasteiger partial charge in [-0.15, -0.1) is 0 Å². The molecule has 1 aliphatic rings. The van der Waals surface area contributed by atoms with Gasteiger partial charge in [-0.3, -0.25) is 0 Å². The second-order valence-corrected chi connectivity index (χ2v) is 15.5. The van der Waals surface area contributed by atoms with Crippen molar-refractivity contribution >= 4 is 54.5 Å². The molecule has 268 valence electrons. The molecule has 12 rings (SSSR count). The number of rotatable bonds is 4. The van der Waals surface area contributed by atoms with Crippen LogP contribution < -0.4 is 0 Å². The van der Waals surface area contributed by atoms with E-state index >= 15 is 0 Å². The van der Waals surface area contributed by atoms with Gasteiger partial charge in [0.1, 0.15) is 11.2 Å². The maximum absolute atomic E-state index is 6.91. The summed E-state index contributed by atoms with van der Waals surface area (Å²) in [5.41, 5.74) is 12.8. The van der Waals surface area contributed by atoms with Gasteiger partial charge in [-0.2, -0.15) is 0 Å². The lowest BCUT2D eigenvalue weighted by molar-refractivity contribution is 0.659. The highest BCUT2D eigenvalue weighted by molar-refractivity contribution is 6.25. The summed E-state index contributed by atoms with van der Waals surface area (Å²) in [4.78, 5) is 15.6. The minimum atomic E-state index is -0.268. The predicted molar refractivity (Wildman–Crippen MR) is 233 cm³/mol. The first-order chi connectivity index (χ1) is 28.0. The summed E-state index contributed by atoms with van der Waals surface area (Å²) in [5, 5.41) is 6.92. The first kappa shape index (κ1) is 31.9. The summed E-state index contributed by atoms with van der Waals surface area (Å²) in [6.45, 7) is 4.68. The van der Waals surface area contributed by atoms with Gasteiger partial charge < -0.3 is 8.98 Å². The van der Waals surface area contributed by atoms with E-state index in [9.17, 15) is 0 Å². The quantitative estimate of drug-likeness (QED) is 0.181. The molecule has 0 saturated carbocycles. The number of benzene rings is 8. The van der Waals surface area contributed by atoms with Crippen molar-refractivity contribution in [2.45, 2.75) is 19.3 Å². The molecule has 57 heavy (non-hydrogen) atoms. The van der Waals surface area contributed by atoms with Crippen LogP contribution in [0.5, 0.6) is 0 Å². The second-order valence-electron chi connectivity index (χ2n) is 15.5. The number of furan rings is 1. The minimum Gasteiger partial charge on any atom is -0.455 e. The van der Waals surface area contributed by atoms with Crippen molar-refractivity contribution in [2.24, 2.45) is 0 Å². The van der Waals surface area contributed by atoms with Crippen LogP contribution in [0.2, 0.25) is 0 Å². The van der Waals surface area contributed by atoms with E-state index in [4.69, 9.17) is 19.4 Å². The second kappa shape index (κ2) is 11.8. The fourth-order valence-electron chi connectivity index (χ4n) is 9.51. The van der Waals surface area contributed by atoms with Crippen LogP contribution in [-0.4, -0.2) is 19.5 Å². The molecule has 0 amide bonds. The predicted octanol–water partition coefficient (Wildman–Crippen LogP) is 13.3. The molecule has 0 spiro atoms. The Morgan fingerprint density at radius 2 is 1.02 bits per heavy atom. The highest BCUT2D eigenvalue weighted by atomic mass is 16.3. The highest BCUT2D eigenvalue weighted by Crippen LogP contribution is 2.56. The summed E-state index contributed by atoms with van der Waals surface area (Å²) >= 11 is 0. The smallest absolute Gasteiger partial charge is 0.164 e. The Morgan fingerprint density at radius 3 is 1.74 bits per heavy atom. The van der Waals surface area contributed by atoms with Crippen LogP contribution in [0.25, 0.3) is 105 Å². The van der Waals surface area contributed by atoms with Crippen LogP contribution >= 0.6 is 0 Å². The molecule has 3 heterocycles. The highest BCUT2D eigenvalue weighted by Gasteiger charge is 2.40. The van der Waals surface area contributed by atoms with Crippen LogP contribution in [0.4, 0.5) is 0 Å². The van der Waals surface area contributed by atoms with E-state index in [-0.39, 0.29) is 5.41 Å². The third kappa shape index (κ3) is 4.54. The van der Waals surface area contributed by atoms with Gasteiger partial charge in [-0.25, -0.2) is 15.0 Å². The SMILES string of the molecule is CC1(C)c2ccccc2-c2c1c1c(oc3cccc(-c4nc(-c5ccccc5)nc(-c5ccc(-n6c7ccccc7c7ccccc76)cc5)n4)c31)c1ccccc21. The van der Waals surface area contributed by atoms with Gasteiger partial charge in [0, 0.05) is 54.7 Å². The van der Waals surface area contributed by atoms with Crippen LogP contribution in [-0.2, 0) is 5.41 Å². The van der Waals surface area contributed by atoms with Crippen molar-refractivity contribution in [1.82, 2.24) is 19.5 Å². The minimum absolute atomic E-state index is 0.268. The van der Waals surface area contributed by atoms with Crippen LogP contribution in [0, 0.1) is 0 Å². The number of aromatic nitrogens is 4. The summed E-state index contributed by atoms with van der Waals surface area (Å²) in [6.07, 6.45) is 0. The molecule has 0 aliphatic heterocycles. The molecule has 0 N–H and O–H groups in total. The van der Waals surface area contributed by atoms with E-state index in [1.807, 2.05) is 18.2 Å². The topological polar surface area (TPSA) is 56.7 Å². The molecular weight excluding hydrogens is 697 g/mol. The van der Waals surface area contributed by atoms with E-state index in [0.29, 0.717) is 17.5 Å². The molecule has 11 aromatic rings. The Morgan fingerprint density at radius 1 is 0.456 bits per heavy atom. The normalized spacial score (nSPS) is 13.2. The Balaban J connectivity index is 1.10. The molecule has 0 fully saturated rings. The van der Waals surface area contributed by atoms with Crippen LogP contribution in [0.1, 0.15) is 25.0 Å². The summed E-state index contributed by atoms with van der Waals surface area (Å²) in [5.74, 6) is 1.84. The maximum atomic E-state index is 6.91. The number of nitrogens with zero attached hydrogens (tertiary/aromatic N) is 4. The van der Waals surface area contributed by atoms with Gasteiger partial charge in [0.15, 0.2) is 17.5 Å². The van der Waals surface area contributed by atoms with Gasteiger partial charge in [-0.05, 0) is 70.1 Å². The number of para-hydroxylation sites is 2. The Hall–Kier alpha value is -7.37. The van der Waals surface area contributed by atoms with E-state index in [0.717, 1.165) is 49.7 Å². The Kier molecular flexibility index (Phi) is 6.62. The fourth-order valence-corrected chi connectivity index (χ4v) is 9.51. The van der Waals surface area contributed by atoms with Crippen molar-refractivity contribution < 1.29 is 4.42 Å². The lowest BCUT2D eigenvalue weighted by Gasteiger charge is -2.23. The van der Waals surface area contributed by atoms with Gasteiger partial charge in [0.2, 0.25) is 0 Å². The fraction of sp³-hybridized carbons (Fsp3) is 0.0577. The standard InChI is InChI=1S/C52H34N4O/c1-52(2)40-23-11-8-21-38(40)44-36-19-6-7-20-37(36)48-46(47(44)52)45-39(22-14-26-43(45)57-48)51-54-49(31-15-4-3-5-16-31)53-50(55-51)32-27-29-33(30-28-32)56-41-24-12-9-17-34(41)35-18-10-13-25-42(35)56/h3-30H,1-2H3. The number of hydrogen-bond acceptors (Lipinski definition) is 4. The number of fused-ring (bicyclic) bond motifs is 13. The molecular formula is C52H34N4O. The van der Waals surface area contributed by atoms with E-state index in [1.165, 1.54) is 49.4 Å². The largest absolute Gasteiger partial charge is 0.455 e. The Labute approximate surface area is 328 Å². The van der Waals surface area contributed by atoms with Gasteiger partial charge in [0.25, 0.3) is 0 Å². The summed E-state index contributed by atoms with van der Waals surface area (Å²) in [6, 6.07) is 59.7. The van der Waals surface area contributed by atoms with E-state index in [2.05, 4.69) is 170 Å². The average Bonchev–Trinajstić information content (AvgIpc) is 3.90. The molecule has 8 aromatic carbocycles. The monoisotopic (exact) mass is 730 g/mol. The van der Waals surface area contributed by atoms with Crippen molar-refractivity contribution in [3.8, 4) is 51.0 Å². The molecule has 0 saturated heterocycles. The molecule has 1 aliphatic carbocycles. The van der Waals surface area contributed by atoms with Gasteiger partial charge in [-0.1, -0.05) is 141 Å². The van der Waals surface area contributed by atoms with Crippen molar-refractivity contribution in [2.75, 3.05) is 0 Å². The summed E-state index contributed by atoms with van der Waals surface area (Å²) < 4.78 is 9.24. The zero-order valence-electron chi connectivity index (χ0n) is 31.4. The third-order valence-electron chi connectivity index (χ3n) is 12.0. The zero-order valence-corrected chi connectivity index (χ0v) is 31.4. The third-order valence-corrected chi connectivity index (χ3v) is 12.0. The molecule has 5 nitrogen and oxygen atoms in total. The molecule has 0 radical (unpaired) electrons. The Bertz CT molecular complexity index is 3380. The van der Waals surface area contributed by atoms with Crippen LogP contribution in [0.15, 0.2) is 174 Å². The van der Waals surface area contributed by atoms with Gasteiger partial charge >= 0.3 is 0 Å². The average molecular weight is 731 g/mol. The lowest BCUT2D eigenvalue weighted by Crippen LogP contribution is -2.15. The van der Waals surface area contributed by atoms with Crippen molar-refractivity contribution in [1.29, 1.82) is 0 Å². The van der Waals surface area contributed by atoms with E-state index in [1.54, 1.807) is 0 Å². The molecule has 0 bridgehead atoms. The van der Waals surface area contributed by atoms with Gasteiger partial charge in [0.05, 0.1) is 11.0 Å². The first-order valence-corrected chi connectivity index (χ1v) is 19.5. The van der Waals surface area contributed by atoms with E-state index < -0.39 is 0 Å². The molecule has 5 heteroatoms. The lowest BCUT2D eigenvalue weighted by atomic mass is 9.79. The number of hydrogen-bond donors (Lipinski definition) is 0. The summed E-state index contributed by atoms with van der Waals surface area (Å²) in [7, 11) is 0. The molecule has 3 aromatic heterocycles. The maximum Gasteiger partial charge on any atom is 0.164 e. The van der Waals surface area contributed by atoms with Crippen molar-refractivity contribution in [3.05, 3.63) is 181 Å². The molecule has 0 atom stereocenters. The zero-order chi connectivity index (χ0) is 37.8. The first-order valence-electron chi connectivity index (χ1n) is 19.5. The molecule has 0 unspecified atom stereocenters. The van der Waals surface area contributed by atoms with Crippen LogP contribution in [0.3, 0.4) is 0 Å². The van der Waals surface area contributed by atoms with Crippen molar-refractivity contribution in [3.63, 3.8) is 0 Å².